The van der Waals surface area contributed by atoms with Crippen molar-refractivity contribution in [2.75, 3.05) is 7.05 Å². The van der Waals surface area contributed by atoms with E-state index in [1.807, 2.05) is 30.9 Å². The minimum absolute atomic E-state index is 0.0231. The quantitative estimate of drug-likeness (QED) is 0.867. The molecule has 1 aromatic carbocycles. The first kappa shape index (κ1) is 12.5. The van der Waals surface area contributed by atoms with Crippen LogP contribution in [0, 0.1) is 9.39 Å². The molecule has 17 heavy (non-hydrogen) atoms. The number of halogens is 2. The van der Waals surface area contributed by atoms with Gasteiger partial charge in [0.1, 0.15) is 5.82 Å². The maximum atomic E-state index is 13.1. The predicted molar refractivity (Wildman–Crippen MR) is 73.2 cm³/mol. The Morgan fingerprint density at radius 1 is 1.41 bits per heavy atom. The number of benzene rings is 1. The molecule has 2 aromatic rings. The van der Waals surface area contributed by atoms with Crippen molar-refractivity contribution in [1.29, 1.82) is 0 Å². The lowest BCUT2D eigenvalue weighted by atomic mass is 10.0. The average molecular weight is 345 g/mol. The number of nitrogens with one attached hydrogen (secondary N) is 1. The molecular weight excluding hydrogens is 332 g/mol. The highest BCUT2D eigenvalue weighted by Crippen LogP contribution is 2.26. The molecule has 1 aromatic heterocycles. The fraction of sp³-hybridized carbons (Fsp3) is 0.250. The van der Waals surface area contributed by atoms with Crippen LogP contribution in [0.4, 0.5) is 4.39 Å². The second-order valence-corrected chi connectivity index (χ2v) is 4.93. The van der Waals surface area contributed by atoms with Crippen LogP contribution in [0.5, 0.6) is 0 Å². The van der Waals surface area contributed by atoms with Crippen molar-refractivity contribution in [2.45, 2.75) is 6.04 Å². The number of nitrogens with zero attached hydrogens (tertiary/aromatic N) is 2. The molecule has 0 aliphatic rings. The van der Waals surface area contributed by atoms with Gasteiger partial charge < -0.3 is 5.32 Å². The van der Waals surface area contributed by atoms with E-state index in [0.29, 0.717) is 0 Å². The van der Waals surface area contributed by atoms with Crippen molar-refractivity contribution < 1.29 is 4.39 Å². The van der Waals surface area contributed by atoms with Crippen molar-refractivity contribution in [3.63, 3.8) is 0 Å². The van der Waals surface area contributed by atoms with E-state index < -0.39 is 0 Å². The highest BCUT2D eigenvalue weighted by atomic mass is 127. The largest absolute Gasteiger partial charge is 0.308 e. The van der Waals surface area contributed by atoms with Gasteiger partial charge in [-0.3, -0.25) is 4.68 Å². The van der Waals surface area contributed by atoms with E-state index in [9.17, 15) is 4.39 Å². The van der Waals surface area contributed by atoms with Crippen LogP contribution in [0.1, 0.15) is 17.3 Å². The Bertz CT molecular complexity index is 524. The Morgan fingerprint density at radius 2 is 2.18 bits per heavy atom. The van der Waals surface area contributed by atoms with Gasteiger partial charge >= 0.3 is 0 Å². The lowest BCUT2D eigenvalue weighted by molar-refractivity contribution is 0.597. The molecule has 2 rings (SSSR count). The second kappa shape index (κ2) is 5.14. The first-order chi connectivity index (χ1) is 8.13. The maximum absolute atomic E-state index is 13.1. The lowest BCUT2D eigenvalue weighted by Crippen LogP contribution is -2.21. The fourth-order valence-electron chi connectivity index (χ4n) is 1.87. The smallest absolute Gasteiger partial charge is 0.124 e. The highest BCUT2D eigenvalue weighted by molar-refractivity contribution is 14.1. The van der Waals surface area contributed by atoms with Crippen molar-refractivity contribution in [1.82, 2.24) is 15.1 Å². The molecule has 0 fully saturated rings. The van der Waals surface area contributed by atoms with E-state index >= 15 is 0 Å². The van der Waals surface area contributed by atoms with Crippen molar-refractivity contribution in [3.8, 4) is 0 Å². The van der Waals surface area contributed by atoms with Crippen molar-refractivity contribution in [3.05, 3.63) is 51.1 Å². The van der Waals surface area contributed by atoms with Crippen LogP contribution in [-0.2, 0) is 7.05 Å². The van der Waals surface area contributed by atoms with Gasteiger partial charge in [0.05, 0.1) is 11.7 Å². The average Bonchev–Trinajstić information content (AvgIpc) is 2.69. The molecule has 5 heteroatoms. The number of hydrogen-bond acceptors (Lipinski definition) is 2. The van der Waals surface area contributed by atoms with Gasteiger partial charge in [-0.1, -0.05) is 6.07 Å². The van der Waals surface area contributed by atoms with Gasteiger partial charge in [-0.25, -0.2) is 4.39 Å². The summed E-state index contributed by atoms with van der Waals surface area (Å²) in [6.07, 6.45) is 1.76. The van der Waals surface area contributed by atoms with Crippen LogP contribution in [0.15, 0.2) is 30.5 Å². The molecule has 0 amide bonds. The summed E-state index contributed by atoms with van der Waals surface area (Å²) in [5, 5.41) is 7.39. The Hall–Kier alpha value is -0.950. The first-order valence-electron chi connectivity index (χ1n) is 5.23. The van der Waals surface area contributed by atoms with Gasteiger partial charge in [0, 0.05) is 16.8 Å². The number of aromatic nitrogens is 2. The van der Waals surface area contributed by atoms with Crippen LogP contribution in [-0.4, -0.2) is 16.8 Å². The van der Waals surface area contributed by atoms with E-state index in [1.54, 1.807) is 6.20 Å². The van der Waals surface area contributed by atoms with Gasteiger partial charge in [-0.15, -0.1) is 0 Å². The molecule has 0 radical (unpaired) electrons. The Balaban J connectivity index is 2.46. The molecule has 0 spiro atoms. The van der Waals surface area contributed by atoms with E-state index in [2.05, 4.69) is 33.0 Å². The van der Waals surface area contributed by atoms with E-state index in [1.165, 1.54) is 12.1 Å². The van der Waals surface area contributed by atoms with Crippen molar-refractivity contribution in [2.24, 2.45) is 7.05 Å². The second-order valence-electron chi connectivity index (χ2n) is 3.77. The number of hydrogen-bond donors (Lipinski definition) is 1. The van der Waals surface area contributed by atoms with E-state index in [-0.39, 0.29) is 11.9 Å². The minimum Gasteiger partial charge on any atom is -0.308 e. The predicted octanol–water partition coefficient (Wildman–Crippen LogP) is 2.47. The molecule has 0 aliphatic heterocycles. The summed E-state index contributed by atoms with van der Waals surface area (Å²) in [5.41, 5.74) is 2.11. The summed E-state index contributed by atoms with van der Waals surface area (Å²) >= 11 is 2.15. The van der Waals surface area contributed by atoms with Gasteiger partial charge in [0.25, 0.3) is 0 Å². The molecule has 1 N–H and O–H groups in total. The molecule has 0 aliphatic carbocycles. The zero-order valence-electron chi connectivity index (χ0n) is 9.61. The van der Waals surface area contributed by atoms with Gasteiger partial charge in [0.15, 0.2) is 0 Å². The topological polar surface area (TPSA) is 29.9 Å². The molecule has 1 atom stereocenters. The summed E-state index contributed by atoms with van der Waals surface area (Å²) in [4.78, 5) is 0. The third-order valence-electron chi connectivity index (χ3n) is 2.72. The fourth-order valence-corrected chi connectivity index (χ4v) is 2.65. The zero-order chi connectivity index (χ0) is 12.4. The Labute approximate surface area is 113 Å². The third kappa shape index (κ3) is 2.50. The molecule has 0 bridgehead atoms. The van der Waals surface area contributed by atoms with Gasteiger partial charge in [0.2, 0.25) is 0 Å². The first-order valence-corrected chi connectivity index (χ1v) is 6.31. The standard InChI is InChI=1S/C12H13FIN3/c1-15-12(11-5-6-16-17(11)2)9-4-3-8(13)7-10(9)14/h3-7,12,15H,1-2H3. The normalized spacial score (nSPS) is 12.7. The lowest BCUT2D eigenvalue weighted by Gasteiger charge is -2.18. The summed E-state index contributed by atoms with van der Waals surface area (Å²) in [6, 6.07) is 6.82. The number of rotatable bonds is 3. The molecule has 0 saturated carbocycles. The SMILES string of the molecule is CNC(c1ccc(F)cc1I)c1ccnn1C. The van der Waals surface area contributed by atoms with Crippen LogP contribution >= 0.6 is 22.6 Å². The van der Waals surface area contributed by atoms with Crippen LogP contribution in [0.3, 0.4) is 0 Å². The molecule has 3 nitrogen and oxygen atoms in total. The summed E-state index contributed by atoms with van der Waals surface area (Å²) in [7, 11) is 3.78. The van der Waals surface area contributed by atoms with Gasteiger partial charge in [-0.2, -0.15) is 5.10 Å². The Kier molecular flexibility index (Phi) is 3.78. The molecule has 90 valence electrons. The van der Waals surface area contributed by atoms with E-state index in [4.69, 9.17) is 0 Å². The summed E-state index contributed by atoms with van der Waals surface area (Å²) in [6.45, 7) is 0. The third-order valence-corrected chi connectivity index (χ3v) is 3.65. The van der Waals surface area contributed by atoms with E-state index in [0.717, 1.165) is 14.8 Å². The zero-order valence-corrected chi connectivity index (χ0v) is 11.8. The monoisotopic (exact) mass is 345 g/mol. The van der Waals surface area contributed by atoms with Crippen molar-refractivity contribution >= 4 is 22.6 Å². The molecule has 1 unspecified atom stereocenters. The van der Waals surface area contributed by atoms with Gasteiger partial charge in [-0.05, 0) is 53.4 Å². The van der Waals surface area contributed by atoms with Crippen LogP contribution in [0.2, 0.25) is 0 Å². The summed E-state index contributed by atoms with van der Waals surface area (Å²) in [5.74, 6) is -0.210. The maximum Gasteiger partial charge on any atom is 0.124 e. The molecule has 1 heterocycles. The van der Waals surface area contributed by atoms with Crippen LogP contribution in [0.25, 0.3) is 0 Å². The summed E-state index contributed by atoms with van der Waals surface area (Å²) < 4.78 is 15.8. The minimum atomic E-state index is -0.210. The number of aryl methyl sites for hydroxylation is 1. The molecule has 0 saturated heterocycles. The molecular formula is C12H13FIN3. The van der Waals surface area contributed by atoms with Crippen LogP contribution < -0.4 is 5.32 Å². The Morgan fingerprint density at radius 3 is 2.71 bits per heavy atom. The highest BCUT2D eigenvalue weighted by Gasteiger charge is 2.17.